The van der Waals surface area contributed by atoms with Gasteiger partial charge in [-0.05, 0) is 30.9 Å². The van der Waals surface area contributed by atoms with Gasteiger partial charge < -0.3 is 5.73 Å². The smallest absolute Gasteiger partial charge is 0.269 e. The van der Waals surface area contributed by atoms with Crippen LogP contribution >= 0.6 is 11.8 Å². The van der Waals surface area contributed by atoms with Gasteiger partial charge in [0.15, 0.2) is 0 Å². The molecule has 0 bridgehead atoms. The zero-order valence-electron chi connectivity index (χ0n) is 10.7. The Bertz CT molecular complexity index is 458. The lowest BCUT2D eigenvalue weighted by Crippen LogP contribution is -1.99. The molecule has 1 rings (SSSR count). The zero-order valence-corrected chi connectivity index (χ0v) is 11.5. The third kappa shape index (κ3) is 4.41. The van der Waals surface area contributed by atoms with E-state index in [0.29, 0.717) is 0 Å². The third-order valence-corrected chi connectivity index (χ3v) is 3.79. The van der Waals surface area contributed by atoms with Crippen molar-refractivity contribution in [3.63, 3.8) is 0 Å². The summed E-state index contributed by atoms with van der Waals surface area (Å²) in [4.78, 5) is 10.3. The van der Waals surface area contributed by atoms with Crippen LogP contribution in [0.25, 0.3) is 0 Å². The molecule has 5 heteroatoms. The maximum atomic E-state index is 10.6. The van der Waals surface area contributed by atoms with Crippen molar-refractivity contribution in [3.05, 3.63) is 50.5 Å². The highest BCUT2D eigenvalue weighted by atomic mass is 32.2. The lowest BCUT2D eigenvalue weighted by atomic mass is 10.1. The summed E-state index contributed by atoms with van der Waals surface area (Å²) in [6.45, 7) is 4.10. The molecule has 0 saturated carbocycles. The van der Waals surface area contributed by atoms with Crippen LogP contribution in [0.15, 0.2) is 34.9 Å². The van der Waals surface area contributed by atoms with Crippen LogP contribution in [-0.2, 0) is 6.42 Å². The van der Waals surface area contributed by atoms with Gasteiger partial charge in [-0.25, -0.2) is 0 Å². The summed E-state index contributed by atoms with van der Waals surface area (Å²) >= 11 is 1.61. The zero-order chi connectivity index (χ0) is 13.5. The molecule has 0 aromatic heterocycles. The van der Waals surface area contributed by atoms with Crippen molar-refractivity contribution in [1.29, 1.82) is 0 Å². The molecule has 4 nitrogen and oxygen atoms in total. The normalized spacial score (nSPS) is 12.1. The molecule has 0 aliphatic heterocycles. The van der Waals surface area contributed by atoms with E-state index in [0.717, 1.165) is 29.2 Å². The molecule has 0 aliphatic rings. The Kier molecular flexibility index (Phi) is 5.71. The monoisotopic (exact) mass is 266 g/mol. The molecule has 98 valence electrons. The average Bonchev–Trinajstić information content (AvgIpc) is 2.38. The van der Waals surface area contributed by atoms with Gasteiger partial charge in [-0.2, -0.15) is 0 Å². The molecule has 1 aromatic rings. The van der Waals surface area contributed by atoms with E-state index in [2.05, 4.69) is 6.92 Å². The second-order valence-corrected chi connectivity index (χ2v) is 5.16. The van der Waals surface area contributed by atoms with Crippen LogP contribution < -0.4 is 5.73 Å². The van der Waals surface area contributed by atoms with Crippen LogP contribution in [0.5, 0.6) is 0 Å². The summed E-state index contributed by atoms with van der Waals surface area (Å²) in [6.07, 6.45) is 1.74. The predicted molar refractivity (Wildman–Crippen MR) is 76.4 cm³/mol. The lowest BCUT2D eigenvalue weighted by Gasteiger charge is -2.05. The first kappa shape index (κ1) is 14.6. The quantitative estimate of drug-likeness (QED) is 0.632. The molecule has 2 N–H and O–H groups in total. The molecule has 0 saturated heterocycles. The van der Waals surface area contributed by atoms with Gasteiger partial charge in [-0.3, -0.25) is 10.1 Å². The van der Waals surface area contributed by atoms with Gasteiger partial charge in [-0.1, -0.05) is 19.1 Å². The number of aryl methyl sites for hydroxylation is 1. The third-order valence-electron chi connectivity index (χ3n) is 2.72. The fraction of sp³-hybridized carbons (Fsp3) is 0.385. The summed E-state index contributed by atoms with van der Waals surface area (Å²) in [5.41, 5.74) is 8.21. The molecule has 0 heterocycles. The number of hydrogen-bond acceptors (Lipinski definition) is 4. The molecule has 0 aliphatic carbocycles. The number of nitro benzene ring substituents is 1. The lowest BCUT2D eigenvalue weighted by molar-refractivity contribution is -0.384. The molecular formula is C13H18N2O2S. The molecular weight excluding hydrogens is 248 g/mol. The number of nitrogens with two attached hydrogens (primary N) is 1. The van der Waals surface area contributed by atoms with E-state index in [9.17, 15) is 10.1 Å². The first-order chi connectivity index (χ1) is 8.54. The van der Waals surface area contributed by atoms with E-state index in [-0.39, 0.29) is 10.6 Å². The number of rotatable bonds is 6. The number of nitro groups is 1. The molecule has 0 atom stereocenters. The summed E-state index contributed by atoms with van der Waals surface area (Å²) < 4.78 is 0. The van der Waals surface area contributed by atoms with Crippen LogP contribution in [-0.4, -0.2) is 10.7 Å². The van der Waals surface area contributed by atoms with Gasteiger partial charge in [0.05, 0.1) is 9.95 Å². The molecule has 18 heavy (non-hydrogen) atoms. The minimum absolute atomic E-state index is 0.144. The molecule has 1 aromatic carbocycles. The maximum absolute atomic E-state index is 10.6. The Morgan fingerprint density at radius 2 is 2.22 bits per heavy atom. The number of allylic oxidation sites excluding steroid dienone is 1. The van der Waals surface area contributed by atoms with Crippen LogP contribution in [0, 0.1) is 10.1 Å². The van der Waals surface area contributed by atoms with Crippen LogP contribution in [0.1, 0.15) is 25.8 Å². The minimum atomic E-state index is -0.369. The van der Waals surface area contributed by atoms with Crippen molar-refractivity contribution in [2.75, 3.05) is 5.75 Å². The number of benzene rings is 1. The van der Waals surface area contributed by atoms with Crippen molar-refractivity contribution in [3.8, 4) is 0 Å². The number of thioether (sulfide) groups is 1. The topological polar surface area (TPSA) is 69.2 Å². The predicted octanol–water partition coefficient (Wildman–Crippen LogP) is 3.47. The summed E-state index contributed by atoms with van der Waals surface area (Å²) in [7, 11) is 0. The van der Waals surface area contributed by atoms with Crippen molar-refractivity contribution in [2.24, 2.45) is 5.73 Å². The number of hydrogen-bond donors (Lipinski definition) is 1. The number of non-ortho nitro benzene ring substituents is 1. The van der Waals surface area contributed by atoms with Crippen LogP contribution in [0.4, 0.5) is 5.69 Å². The highest BCUT2D eigenvalue weighted by Crippen LogP contribution is 2.19. The number of nitrogens with zero attached hydrogens (tertiary/aromatic N) is 1. The molecule has 0 unspecified atom stereocenters. The highest BCUT2D eigenvalue weighted by Gasteiger charge is 2.05. The summed E-state index contributed by atoms with van der Waals surface area (Å²) in [6, 6.07) is 6.74. The standard InChI is InChI=1S/C13H18N2O2S/c1-3-10(2)13(14)18-8-7-11-5-4-6-12(9-11)15(16)17/h4-6,9H,3,7-8,14H2,1-2H3/b13-10+. The van der Waals surface area contributed by atoms with Crippen molar-refractivity contribution in [1.82, 2.24) is 0 Å². The largest absolute Gasteiger partial charge is 0.394 e. The Morgan fingerprint density at radius 1 is 1.50 bits per heavy atom. The van der Waals surface area contributed by atoms with E-state index in [1.165, 1.54) is 11.6 Å². The first-order valence-electron chi connectivity index (χ1n) is 5.86. The van der Waals surface area contributed by atoms with Gasteiger partial charge >= 0.3 is 0 Å². The molecule has 0 fully saturated rings. The Hall–Kier alpha value is -1.49. The van der Waals surface area contributed by atoms with Crippen molar-refractivity contribution >= 4 is 17.4 Å². The van der Waals surface area contributed by atoms with Crippen molar-refractivity contribution < 1.29 is 4.92 Å². The van der Waals surface area contributed by atoms with Gasteiger partial charge in [0.2, 0.25) is 0 Å². The van der Waals surface area contributed by atoms with Gasteiger partial charge in [-0.15, -0.1) is 11.8 Å². The SMILES string of the molecule is CC/C(C)=C(\N)SCCc1cccc([N+](=O)[O-])c1. The second kappa shape index (κ2) is 7.06. The van der Waals surface area contributed by atoms with E-state index in [1.54, 1.807) is 23.9 Å². The van der Waals surface area contributed by atoms with E-state index in [4.69, 9.17) is 5.73 Å². The molecule has 0 radical (unpaired) electrons. The Labute approximate surface area is 111 Å². The fourth-order valence-electron chi connectivity index (χ4n) is 1.40. The fourth-order valence-corrected chi connectivity index (χ4v) is 2.35. The first-order valence-corrected chi connectivity index (χ1v) is 6.84. The van der Waals surface area contributed by atoms with Crippen LogP contribution in [0.3, 0.4) is 0 Å². The van der Waals surface area contributed by atoms with E-state index >= 15 is 0 Å². The maximum Gasteiger partial charge on any atom is 0.269 e. The highest BCUT2D eigenvalue weighted by molar-refractivity contribution is 8.03. The van der Waals surface area contributed by atoms with Gasteiger partial charge in [0, 0.05) is 17.9 Å². The summed E-state index contributed by atoms with van der Waals surface area (Å²) in [5.74, 6) is 0.838. The minimum Gasteiger partial charge on any atom is -0.394 e. The molecule has 0 amide bonds. The van der Waals surface area contributed by atoms with E-state index in [1.807, 2.05) is 13.0 Å². The van der Waals surface area contributed by atoms with Gasteiger partial charge in [0.25, 0.3) is 5.69 Å². The van der Waals surface area contributed by atoms with Crippen molar-refractivity contribution in [2.45, 2.75) is 26.7 Å². The Balaban J connectivity index is 2.54. The molecule has 0 spiro atoms. The average molecular weight is 266 g/mol. The summed E-state index contributed by atoms with van der Waals surface area (Å²) in [5, 5.41) is 11.5. The van der Waals surface area contributed by atoms with Gasteiger partial charge in [0.1, 0.15) is 0 Å². The van der Waals surface area contributed by atoms with Crippen LogP contribution in [0.2, 0.25) is 0 Å². The van der Waals surface area contributed by atoms with E-state index < -0.39 is 0 Å². The Morgan fingerprint density at radius 3 is 2.83 bits per heavy atom. The second-order valence-electron chi connectivity index (χ2n) is 4.02.